The lowest BCUT2D eigenvalue weighted by Gasteiger charge is -2.10. The minimum atomic E-state index is -4.72. The molecule has 0 bridgehead atoms. The zero-order chi connectivity index (χ0) is 19.3. The number of hydrogen-bond acceptors (Lipinski definition) is 5. The van der Waals surface area contributed by atoms with Crippen molar-refractivity contribution in [1.29, 1.82) is 0 Å². The molecule has 0 saturated carbocycles. The number of nitro groups is 1. The number of hydrazone groups is 1. The smallest absolute Gasteiger partial charge is 0.416 e. The third-order valence-corrected chi connectivity index (χ3v) is 2.96. The Morgan fingerprint density at radius 2 is 2.00 bits per heavy atom. The zero-order valence-corrected chi connectivity index (χ0v) is 12.9. The summed E-state index contributed by atoms with van der Waals surface area (Å²) in [4.78, 5) is 20.6. The molecule has 136 valence electrons. The van der Waals surface area contributed by atoms with Crippen LogP contribution in [-0.2, 0) is 6.18 Å². The predicted octanol–water partition coefficient (Wildman–Crippen LogP) is 3.41. The summed E-state index contributed by atoms with van der Waals surface area (Å²) in [5.74, 6) is -0.233. The van der Waals surface area contributed by atoms with E-state index in [4.69, 9.17) is 10.5 Å². The Morgan fingerprint density at radius 1 is 1.27 bits per heavy atom. The topological polar surface area (TPSA) is 120 Å². The summed E-state index contributed by atoms with van der Waals surface area (Å²) in [6.45, 7) is 0. The summed E-state index contributed by atoms with van der Waals surface area (Å²) < 4.78 is 43.4. The first kappa shape index (κ1) is 18.7. The minimum absolute atomic E-state index is 0.121. The van der Waals surface area contributed by atoms with Crippen LogP contribution in [0.5, 0.6) is 11.5 Å². The Hall–Kier alpha value is -3.63. The van der Waals surface area contributed by atoms with Crippen molar-refractivity contribution in [2.75, 3.05) is 0 Å². The molecule has 0 fully saturated rings. The van der Waals surface area contributed by atoms with E-state index in [1.54, 1.807) is 6.07 Å². The second kappa shape index (κ2) is 7.51. The Balaban J connectivity index is 2.29. The van der Waals surface area contributed by atoms with Gasteiger partial charge < -0.3 is 10.5 Å². The molecule has 0 radical (unpaired) electrons. The summed E-state index contributed by atoms with van der Waals surface area (Å²) in [7, 11) is 0. The molecule has 2 rings (SSSR count). The lowest BCUT2D eigenvalue weighted by atomic mass is 10.2. The third kappa shape index (κ3) is 4.93. The highest BCUT2D eigenvalue weighted by molar-refractivity contribution is 5.82. The maximum absolute atomic E-state index is 12.7. The number of benzene rings is 2. The number of nitrogens with two attached hydrogens (primary N) is 1. The van der Waals surface area contributed by atoms with Crippen molar-refractivity contribution in [2.45, 2.75) is 6.18 Å². The van der Waals surface area contributed by atoms with Gasteiger partial charge in [0, 0.05) is 6.07 Å². The monoisotopic (exact) mass is 368 g/mol. The molecule has 2 aromatic carbocycles. The number of nitrogens with one attached hydrogen (secondary N) is 1. The van der Waals surface area contributed by atoms with Gasteiger partial charge in [-0.1, -0.05) is 12.1 Å². The lowest BCUT2D eigenvalue weighted by Crippen LogP contribution is -2.24. The van der Waals surface area contributed by atoms with E-state index in [-0.39, 0.29) is 11.5 Å². The van der Waals surface area contributed by atoms with Crippen LogP contribution in [0.1, 0.15) is 11.1 Å². The molecule has 2 amide bonds. The van der Waals surface area contributed by atoms with Crippen LogP contribution in [0, 0.1) is 10.1 Å². The number of carbonyl (C=O) groups excluding carboxylic acids is 1. The van der Waals surface area contributed by atoms with E-state index in [1.807, 2.05) is 5.43 Å². The summed E-state index contributed by atoms with van der Waals surface area (Å²) >= 11 is 0. The van der Waals surface area contributed by atoms with Crippen LogP contribution in [0.15, 0.2) is 47.6 Å². The number of urea groups is 1. The van der Waals surface area contributed by atoms with Crippen LogP contribution in [0.25, 0.3) is 0 Å². The fourth-order valence-electron chi connectivity index (χ4n) is 1.88. The molecule has 0 atom stereocenters. The number of alkyl halides is 3. The standard InChI is InChI=1S/C15H11F3N4O4/c16-15(17,18)10-4-5-13(12(7-10)22(24)25)26-11-3-1-2-9(6-11)8-20-21-14(19)23/h1-8H,(H3,19,21,23)/b20-8+. The van der Waals surface area contributed by atoms with Crippen LogP contribution in [0.3, 0.4) is 0 Å². The number of nitrogens with zero attached hydrogens (tertiary/aromatic N) is 2. The number of hydrogen-bond donors (Lipinski definition) is 2. The van der Waals surface area contributed by atoms with Crippen molar-refractivity contribution in [1.82, 2.24) is 5.43 Å². The van der Waals surface area contributed by atoms with Gasteiger partial charge in [0.25, 0.3) is 0 Å². The summed E-state index contributed by atoms with van der Waals surface area (Å²) in [5, 5.41) is 14.6. The highest BCUT2D eigenvalue weighted by Crippen LogP contribution is 2.37. The van der Waals surface area contributed by atoms with Gasteiger partial charge in [0.2, 0.25) is 5.75 Å². The summed E-state index contributed by atoms with van der Waals surface area (Å²) in [6, 6.07) is 7.05. The molecule has 0 aromatic heterocycles. The maximum Gasteiger partial charge on any atom is 0.416 e. The fourth-order valence-corrected chi connectivity index (χ4v) is 1.88. The average molecular weight is 368 g/mol. The van der Waals surface area contributed by atoms with Gasteiger partial charge in [0.1, 0.15) is 5.75 Å². The van der Waals surface area contributed by atoms with Crippen LogP contribution >= 0.6 is 0 Å². The number of amides is 2. The molecule has 11 heteroatoms. The summed E-state index contributed by atoms with van der Waals surface area (Å²) in [6.07, 6.45) is -3.48. The normalized spacial score (nSPS) is 11.3. The Kier molecular flexibility index (Phi) is 5.40. The average Bonchev–Trinajstić information content (AvgIpc) is 2.54. The quantitative estimate of drug-likeness (QED) is 0.477. The second-order valence-electron chi connectivity index (χ2n) is 4.85. The third-order valence-electron chi connectivity index (χ3n) is 2.96. The first-order valence-electron chi connectivity index (χ1n) is 6.89. The molecule has 0 heterocycles. The highest BCUT2D eigenvalue weighted by Gasteiger charge is 2.33. The van der Waals surface area contributed by atoms with Crippen LogP contribution < -0.4 is 15.9 Å². The van der Waals surface area contributed by atoms with Gasteiger partial charge in [0.05, 0.1) is 16.7 Å². The molecular formula is C15H11F3N4O4. The number of primary amides is 1. The van der Waals surface area contributed by atoms with Gasteiger partial charge in [-0.25, -0.2) is 10.2 Å². The molecule has 0 spiro atoms. The number of ether oxygens (including phenoxy) is 1. The molecule has 0 unspecified atom stereocenters. The molecule has 0 aliphatic heterocycles. The van der Waals surface area contributed by atoms with Crippen molar-refractivity contribution in [2.24, 2.45) is 10.8 Å². The van der Waals surface area contributed by atoms with E-state index < -0.39 is 28.4 Å². The van der Waals surface area contributed by atoms with Gasteiger partial charge >= 0.3 is 17.9 Å². The van der Waals surface area contributed by atoms with Crippen molar-refractivity contribution < 1.29 is 27.6 Å². The fraction of sp³-hybridized carbons (Fsp3) is 0.0667. The van der Waals surface area contributed by atoms with Crippen molar-refractivity contribution in [3.8, 4) is 11.5 Å². The van der Waals surface area contributed by atoms with E-state index in [0.717, 1.165) is 6.07 Å². The SMILES string of the molecule is NC(=O)N/N=C/c1cccc(Oc2ccc(C(F)(F)F)cc2[N+](=O)[O-])c1. The van der Waals surface area contributed by atoms with Crippen molar-refractivity contribution >= 4 is 17.9 Å². The first-order chi connectivity index (χ1) is 12.2. The van der Waals surface area contributed by atoms with Gasteiger partial charge in [-0.2, -0.15) is 18.3 Å². The van der Waals surface area contributed by atoms with Gasteiger partial charge in [-0.05, 0) is 29.8 Å². The Bertz CT molecular complexity index is 868. The van der Waals surface area contributed by atoms with Crippen molar-refractivity contribution in [3.63, 3.8) is 0 Å². The molecule has 26 heavy (non-hydrogen) atoms. The minimum Gasteiger partial charge on any atom is -0.450 e. The molecule has 8 nitrogen and oxygen atoms in total. The van der Waals surface area contributed by atoms with Gasteiger partial charge in [0.15, 0.2) is 0 Å². The molecule has 0 aliphatic carbocycles. The Morgan fingerprint density at radius 3 is 2.62 bits per heavy atom. The van der Waals surface area contributed by atoms with Crippen LogP contribution in [0.2, 0.25) is 0 Å². The molecule has 0 saturated heterocycles. The van der Waals surface area contributed by atoms with Gasteiger partial charge in [-0.3, -0.25) is 10.1 Å². The van der Waals surface area contributed by atoms with Crippen LogP contribution in [-0.4, -0.2) is 17.2 Å². The zero-order valence-electron chi connectivity index (χ0n) is 12.9. The van der Waals surface area contributed by atoms with E-state index in [9.17, 15) is 28.1 Å². The van der Waals surface area contributed by atoms with E-state index in [2.05, 4.69) is 5.10 Å². The predicted molar refractivity (Wildman–Crippen MR) is 84.9 cm³/mol. The second-order valence-corrected chi connectivity index (χ2v) is 4.85. The number of carbonyl (C=O) groups is 1. The number of nitro benzene ring substituents is 1. The Labute approximate surface area is 144 Å². The molecule has 2 aromatic rings. The maximum atomic E-state index is 12.7. The highest BCUT2D eigenvalue weighted by atomic mass is 19.4. The molecule has 3 N–H and O–H groups in total. The summed E-state index contributed by atoms with van der Waals surface area (Å²) in [5.41, 5.74) is 5.29. The largest absolute Gasteiger partial charge is 0.450 e. The van der Waals surface area contributed by atoms with Gasteiger partial charge in [-0.15, -0.1) is 0 Å². The molecule has 0 aliphatic rings. The van der Waals surface area contributed by atoms with Crippen molar-refractivity contribution in [3.05, 3.63) is 63.7 Å². The number of rotatable bonds is 5. The van der Waals surface area contributed by atoms with E-state index in [1.165, 1.54) is 24.4 Å². The van der Waals surface area contributed by atoms with Crippen LogP contribution in [0.4, 0.5) is 23.7 Å². The lowest BCUT2D eigenvalue weighted by molar-refractivity contribution is -0.385. The molecular weight excluding hydrogens is 357 g/mol. The van der Waals surface area contributed by atoms with E-state index in [0.29, 0.717) is 17.7 Å². The van der Waals surface area contributed by atoms with E-state index >= 15 is 0 Å². The first-order valence-corrected chi connectivity index (χ1v) is 6.89. The number of halogens is 3.